The molecule has 0 radical (unpaired) electrons. The van der Waals surface area contributed by atoms with Crippen LogP contribution in [-0.2, 0) is 0 Å². The van der Waals surface area contributed by atoms with Crippen LogP contribution in [0.25, 0.3) is 0 Å². The van der Waals surface area contributed by atoms with E-state index in [4.69, 9.17) is 5.11 Å². The molecule has 12 heavy (non-hydrogen) atoms. The quantitative estimate of drug-likeness (QED) is 0.714. The minimum absolute atomic E-state index is 0.393. The zero-order chi connectivity index (χ0) is 8.97. The normalized spacial score (nSPS) is 15.6. The summed E-state index contributed by atoms with van der Waals surface area (Å²) in [5.41, 5.74) is 0.860. The van der Waals surface area contributed by atoms with Gasteiger partial charge in [0.15, 0.2) is 0 Å². The number of rotatable bonds is 3. The molecule has 2 atom stereocenters. The van der Waals surface area contributed by atoms with Crippen LogP contribution in [0.15, 0.2) is 30.3 Å². The number of aliphatic hydroxyl groups excluding tert-OH is 2. The minimum Gasteiger partial charge on any atom is -0.393 e. The molecule has 0 bridgehead atoms. The highest BCUT2D eigenvalue weighted by Gasteiger charge is 2.08. The maximum Gasteiger partial charge on any atom is 0.0814 e. The van der Waals surface area contributed by atoms with Crippen molar-refractivity contribution in [3.8, 4) is 0 Å². The second-order valence-electron chi connectivity index (χ2n) is 3.01. The SMILES string of the molecule is CC(O)C[C@H](O)c1ccccc1. The molecule has 1 unspecified atom stereocenters. The molecule has 0 fully saturated rings. The van der Waals surface area contributed by atoms with Crippen LogP contribution < -0.4 is 0 Å². The van der Waals surface area contributed by atoms with Crippen molar-refractivity contribution in [1.29, 1.82) is 0 Å². The van der Waals surface area contributed by atoms with Gasteiger partial charge < -0.3 is 10.2 Å². The lowest BCUT2D eigenvalue weighted by Gasteiger charge is -2.11. The van der Waals surface area contributed by atoms with Crippen molar-refractivity contribution in [1.82, 2.24) is 0 Å². The van der Waals surface area contributed by atoms with Crippen molar-refractivity contribution >= 4 is 0 Å². The Kier molecular flexibility index (Phi) is 3.26. The van der Waals surface area contributed by atoms with Crippen LogP contribution in [-0.4, -0.2) is 16.3 Å². The van der Waals surface area contributed by atoms with Crippen molar-refractivity contribution in [3.63, 3.8) is 0 Å². The highest BCUT2D eigenvalue weighted by molar-refractivity contribution is 5.17. The molecular formula is C10H14O2. The number of aliphatic hydroxyl groups is 2. The van der Waals surface area contributed by atoms with Crippen LogP contribution in [0.4, 0.5) is 0 Å². The Bertz CT molecular complexity index is 219. The molecular weight excluding hydrogens is 152 g/mol. The summed E-state index contributed by atoms with van der Waals surface area (Å²) in [4.78, 5) is 0. The van der Waals surface area contributed by atoms with Crippen molar-refractivity contribution in [2.24, 2.45) is 0 Å². The maximum absolute atomic E-state index is 9.53. The van der Waals surface area contributed by atoms with E-state index in [2.05, 4.69) is 0 Å². The highest BCUT2D eigenvalue weighted by Crippen LogP contribution is 2.17. The Balaban J connectivity index is 2.59. The van der Waals surface area contributed by atoms with Gasteiger partial charge >= 0.3 is 0 Å². The molecule has 2 heteroatoms. The van der Waals surface area contributed by atoms with Gasteiger partial charge in [0, 0.05) is 6.42 Å². The number of benzene rings is 1. The Morgan fingerprint density at radius 1 is 1.17 bits per heavy atom. The lowest BCUT2D eigenvalue weighted by molar-refractivity contribution is 0.0907. The first kappa shape index (κ1) is 9.23. The van der Waals surface area contributed by atoms with E-state index in [1.807, 2.05) is 30.3 Å². The zero-order valence-electron chi connectivity index (χ0n) is 7.14. The average molecular weight is 166 g/mol. The number of hydrogen-bond donors (Lipinski definition) is 2. The average Bonchev–Trinajstić information content (AvgIpc) is 2.05. The van der Waals surface area contributed by atoms with E-state index in [1.165, 1.54) is 0 Å². The molecule has 0 aliphatic heterocycles. The van der Waals surface area contributed by atoms with Crippen molar-refractivity contribution in [3.05, 3.63) is 35.9 Å². The second-order valence-corrected chi connectivity index (χ2v) is 3.01. The predicted octanol–water partition coefficient (Wildman–Crippen LogP) is 1.49. The van der Waals surface area contributed by atoms with Crippen molar-refractivity contribution in [2.45, 2.75) is 25.6 Å². The molecule has 66 valence electrons. The minimum atomic E-state index is -0.550. The molecule has 0 heterocycles. The van der Waals surface area contributed by atoms with Gasteiger partial charge in [0.1, 0.15) is 0 Å². The van der Waals surface area contributed by atoms with E-state index in [0.717, 1.165) is 5.56 Å². The third-order valence-corrected chi connectivity index (χ3v) is 1.75. The van der Waals surface area contributed by atoms with E-state index < -0.39 is 12.2 Å². The molecule has 0 aliphatic carbocycles. The van der Waals surface area contributed by atoms with Gasteiger partial charge in [-0.05, 0) is 12.5 Å². The summed E-state index contributed by atoms with van der Waals surface area (Å²) in [5.74, 6) is 0. The molecule has 0 aromatic heterocycles. The van der Waals surface area contributed by atoms with E-state index in [9.17, 15) is 5.11 Å². The third kappa shape index (κ3) is 2.64. The summed E-state index contributed by atoms with van der Waals surface area (Å²) in [7, 11) is 0. The summed E-state index contributed by atoms with van der Waals surface area (Å²) >= 11 is 0. The smallest absolute Gasteiger partial charge is 0.0814 e. The fraction of sp³-hybridized carbons (Fsp3) is 0.400. The van der Waals surface area contributed by atoms with Gasteiger partial charge in [-0.3, -0.25) is 0 Å². The van der Waals surface area contributed by atoms with Gasteiger partial charge in [0.25, 0.3) is 0 Å². The molecule has 2 nitrogen and oxygen atoms in total. The second kappa shape index (κ2) is 4.24. The van der Waals surface area contributed by atoms with E-state index in [1.54, 1.807) is 6.92 Å². The lowest BCUT2D eigenvalue weighted by Crippen LogP contribution is -2.07. The van der Waals surface area contributed by atoms with Gasteiger partial charge in [0.2, 0.25) is 0 Å². The number of hydrogen-bond acceptors (Lipinski definition) is 2. The van der Waals surface area contributed by atoms with Gasteiger partial charge in [-0.25, -0.2) is 0 Å². The van der Waals surface area contributed by atoms with Crippen molar-refractivity contribution in [2.75, 3.05) is 0 Å². The molecule has 0 spiro atoms. The molecule has 1 rings (SSSR count). The Morgan fingerprint density at radius 3 is 2.25 bits per heavy atom. The van der Waals surface area contributed by atoms with Crippen LogP contribution in [0.2, 0.25) is 0 Å². The maximum atomic E-state index is 9.53. The summed E-state index contributed by atoms with van der Waals surface area (Å²) in [5, 5.41) is 18.6. The first-order valence-corrected chi connectivity index (χ1v) is 4.11. The highest BCUT2D eigenvalue weighted by atomic mass is 16.3. The van der Waals surface area contributed by atoms with Gasteiger partial charge in [0.05, 0.1) is 12.2 Å². The van der Waals surface area contributed by atoms with Gasteiger partial charge in [-0.2, -0.15) is 0 Å². The van der Waals surface area contributed by atoms with Crippen LogP contribution in [0.1, 0.15) is 25.0 Å². The van der Waals surface area contributed by atoms with Crippen LogP contribution in [0, 0.1) is 0 Å². The molecule has 0 amide bonds. The van der Waals surface area contributed by atoms with Crippen molar-refractivity contribution < 1.29 is 10.2 Å². The first-order chi connectivity index (χ1) is 5.70. The first-order valence-electron chi connectivity index (χ1n) is 4.11. The molecule has 1 aromatic carbocycles. The summed E-state index contributed by atoms with van der Waals surface area (Å²) in [6.45, 7) is 1.67. The standard InChI is InChI=1S/C10H14O2/c1-8(11)7-10(12)9-5-3-2-4-6-9/h2-6,8,10-12H,7H2,1H3/t8?,10-/m0/s1. The zero-order valence-corrected chi connectivity index (χ0v) is 7.14. The van der Waals surface area contributed by atoms with Gasteiger partial charge in [-0.1, -0.05) is 30.3 Å². The third-order valence-electron chi connectivity index (χ3n) is 1.75. The molecule has 0 saturated heterocycles. The summed E-state index contributed by atoms with van der Waals surface area (Å²) in [6.07, 6.45) is -0.615. The lowest BCUT2D eigenvalue weighted by atomic mass is 10.0. The Labute approximate surface area is 72.5 Å². The molecule has 2 N–H and O–H groups in total. The molecule has 0 saturated carbocycles. The van der Waals surface area contributed by atoms with Crippen LogP contribution >= 0.6 is 0 Å². The summed E-state index contributed by atoms with van der Waals surface area (Å²) < 4.78 is 0. The summed E-state index contributed by atoms with van der Waals surface area (Å²) in [6, 6.07) is 9.36. The fourth-order valence-electron chi connectivity index (χ4n) is 1.13. The molecule has 1 aromatic rings. The van der Waals surface area contributed by atoms with Crippen LogP contribution in [0.3, 0.4) is 0 Å². The topological polar surface area (TPSA) is 40.5 Å². The van der Waals surface area contributed by atoms with E-state index in [0.29, 0.717) is 6.42 Å². The Hall–Kier alpha value is -0.860. The van der Waals surface area contributed by atoms with Gasteiger partial charge in [-0.15, -0.1) is 0 Å². The fourth-order valence-corrected chi connectivity index (χ4v) is 1.13. The Morgan fingerprint density at radius 2 is 1.75 bits per heavy atom. The predicted molar refractivity (Wildman–Crippen MR) is 47.7 cm³/mol. The van der Waals surface area contributed by atoms with E-state index >= 15 is 0 Å². The van der Waals surface area contributed by atoms with Crippen LogP contribution in [0.5, 0.6) is 0 Å². The molecule has 0 aliphatic rings. The largest absolute Gasteiger partial charge is 0.393 e. The monoisotopic (exact) mass is 166 g/mol. The van der Waals surface area contributed by atoms with E-state index in [-0.39, 0.29) is 0 Å².